The van der Waals surface area contributed by atoms with Gasteiger partial charge in [0.05, 0.1) is 23.9 Å². The summed E-state index contributed by atoms with van der Waals surface area (Å²) in [6.45, 7) is 2.60. The number of aryl methyl sites for hydroxylation is 1. The maximum Gasteiger partial charge on any atom is 0.269 e. The molecule has 8 heteroatoms. The van der Waals surface area contributed by atoms with Gasteiger partial charge < -0.3 is 9.64 Å². The van der Waals surface area contributed by atoms with E-state index in [1.165, 1.54) is 18.4 Å². The Morgan fingerprint density at radius 1 is 1.33 bits per heavy atom. The molecule has 0 aromatic heterocycles. The number of nitro benzene ring substituents is 1. The molecular weight excluding hydrogens is 296 g/mol. The number of hydrogen-bond acceptors (Lipinski definition) is 6. The van der Waals surface area contributed by atoms with Crippen LogP contribution in [0.2, 0.25) is 0 Å². The Bertz CT molecular complexity index is 623. The van der Waals surface area contributed by atoms with E-state index in [1.807, 2.05) is 0 Å². The zero-order valence-electron chi connectivity index (χ0n) is 11.8. The number of anilines is 1. The van der Waals surface area contributed by atoms with Crippen molar-refractivity contribution in [1.82, 2.24) is 0 Å². The molecule has 1 aliphatic rings. The first-order chi connectivity index (χ1) is 9.87. The summed E-state index contributed by atoms with van der Waals surface area (Å²) >= 11 is 0. The number of ether oxygens (including phenoxy) is 1. The third kappa shape index (κ3) is 4.40. The topological polar surface area (TPSA) is 89.8 Å². The fourth-order valence-corrected chi connectivity index (χ4v) is 2.88. The van der Waals surface area contributed by atoms with Crippen LogP contribution in [0.15, 0.2) is 18.2 Å². The number of benzene rings is 1. The molecule has 1 aromatic rings. The van der Waals surface area contributed by atoms with Crippen molar-refractivity contribution in [2.24, 2.45) is 0 Å². The summed E-state index contributed by atoms with van der Waals surface area (Å²) in [5.74, 6) is -0.0223. The molecular formula is C13H18N2O5S. The molecule has 0 bridgehead atoms. The van der Waals surface area contributed by atoms with Crippen LogP contribution < -0.4 is 4.90 Å². The highest BCUT2D eigenvalue weighted by molar-refractivity contribution is 7.90. The summed E-state index contributed by atoms with van der Waals surface area (Å²) in [5.41, 5.74) is 1.53. The summed E-state index contributed by atoms with van der Waals surface area (Å²) in [6, 6.07) is 4.62. The monoisotopic (exact) mass is 314 g/mol. The maximum atomic E-state index is 11.3. The second-order valence-corrected chi connectivity index (χ2v) is 7.31. The average Bonchev–Trinajstić information content (AvgIpc) is 2.45. The Labute approximate surface area is 123 Å². The zero-order chi connectivity index (χ0) is 15.5. The van der Waals surface area contributed by atoms with Crippen LogP contribution in [-0.2, 0) is 21.0 Å². The molecule has 1 saturated heterocycles. The number of hydrogen-bond donors (Lipinski definition) is 0. The molecule has 116 valence electrons. The summed E-state index contributed by atoms with van der Waals surface area (Å²) in [4.78, 5) is 12.5. The van der Waals surface area contributed by atoms with Gasteiger partial charge in [-0.05, 0) is 18.1 Å². The number of sulfone groups is 1. The van der Waals surface area contributed by atoms with Gasteiger partial charge in [0.15, 0.2) is 0 Å². The van der Waals surface area contributed by atoms with E-state index in [4.69, 9.17) is 4.74 Å². The van der Waals surface area contributed by atoms with Gasteiger partial charge in [0.1, 0.15) is 9.84 Å². The van der Waals surface area contributed by atoms with Gasteiger partial charge in [-0.3, -0.25) is 10.1 Å². The Balaban J connectivity index is 2.30. The molecule has 0 atom stereocenters. The van der Waals surface area contributed by atoms with E-state index >= 15 is 0 Å². The van der Waals surface area contributed by atoms with E-state index in [0.717, 1.165) is 5.69 Å². The van der Waals surface area contributed by atoms with Crippen molar-refractivity contribution in [3.8, 4) is 0 Å². The van der Waals surface area contributed by atoms with Gasteiger partial charge in [-0.1, -0.05) is 0 Å². The Kier molecular flexibility index (Phi) is 4.79. The van der Waals surface area contributed by atoms with Gasteiger partial charge in [-0.15, -0.1) is 0 Å². The zero-order valence-corrected chi connectivity index (χ0v) is 12.6. The number of rotatable bonds is 5. The summed E-state index contributed by atoms with van der Waals surface area (Å²) in [7, 11) is -3.12. The largest absolute Gasteiger partial charge is 0.378 e. The minimum Gasteiger partial charge on any atom is -0.378 e. The highest BCUT2D eigenvalue weighted by Gasteiger charge is 2.18. The van der Waals surface area contributed by atoms with Crippen molar-refractivity contribution in [2.45, 2.75) is 6.42 Å². The van der Waals surface area contributed by atoms with Gasteiger partial charge >= 0.3 is 0 Å². The summed E-state index contributed by atoms with van der Waals surface area (Å²) < 4.78 is 28.0. The SMILES string of the molecule is CS(=O)(=O)CCc1cc([N+](=O)[O-])ccc1N1CCOCC1. The van der Waals surface area contributed by atoms with Gasteiger partial charge in [-0.2, -0.15) is 0 Å². The molecule has 1 fully saturated rings. The van der Waals surface area contributed by atoms with Crippen LogP contribution in [0.25, 0.3) is 0 Å². The van der Waals surface area contributed by atoms with Crippen molar-refractivity contribution >= 4 is 21.2 Å². The quantitative estimate of drug-likeness (QED) is 0.595. The normalized spacial score (nSPS) is 16.0. The highest BCUT2D eigenvalue weighted by Crippen LogP contribution is 2.27. The Morgan fingerprint density at radius 3 is 2.57 bits per heavy atom. The standard InChI is InChI=1S/C13H18N2O5S/c1-21(18,19)9-4-11-10-12(15(16)17)2-3-13(11)14-5-7-20-8-6-14/h2-3,10H,4-9H2,1H3. The molecule has 0 amide bonds. The van der Waals surface area contributed by atoms with E-state index in [-0.39, 0.29) is 17.9 Å². The molecule has 2 rings (SSSR count). The second-order valence-electron chi connectivity index (χ2n) is 5.05. The smallest absolute Gasteiger partial charge is 0.269 e. The number of morpholine rings is 1. The maximum absolute atomic E-state index is 11.3. The molecule has 0 saturated carbocycles. The number of non-ortho nitro benzene ring substituents is 1. The van der Waals surface area contributed by atoms with Gasteiger partial charge in [0.2, 0.25) is 0 Å². The molecule has 0 spiro atoms. The lowest BCUT2D eigenvalue weighted by molar-refractivity contribution is -0.384. The van der Waals surface area contributed by atoms with Crippen LogP contribution in [-0.4, -0.2) is 51.7 Å². The molecule has 21 heavy (non-hydrogen) atoms. The second kappa shape index (κ2) is 6.40. The first-order valence-corrected chi connectivity index (χ1v) is 8.70. The van der Waals surface area contributed by atoms with Crippen LogP contribution in [0.1, 0.15) is 5.56 Å². The van der Waals surface area contributed by atoms with Crippen molar-refractivity contribution in [3.05, 3.63) is 33.9 Å². The van der Waals surface area contributed by atoms with Crippen molar-refractivity contribution in [3.63, 3.8) is 0 Å². The lowest BCUT2D eigenvalue weighted by atomic mass is 10.1. The first kappa shape index (κ1) is 15.7. The molecule has 0 radical (unpaired) electrons. The van der Waals surface area contributed by atoms with Crippen molar-refractivity contribution in [2.75, 3.05) is 43.2 Å². The van der Waals surface area contributed by atoms with Crippen LogP contribution in [0.3, 0.4) is 0 Å². The van der Waals surface area contributed by atoms with E-state index in [1.54, 1.807) is 6.07 Å². The van der Waals surface area contributed by atoms with Crippen LogP contribution >= 0.6 is 0 Å². The summed E-state index contributed by atoms with van der Waals surface area (Å²) in [5, 5.41) is 10.9. The fraction of sp³-hybridized carbons (Fsp3) is 0.538. The van der Waals surface area contributed by atoms with E-state index in [9.17, 15) is 18.5 Å². The van der Waals surface area contributed by atoms with E-state index in [2.05, 4.69) is 4.90 Å². The molecule has 0 N–H and O–H groups in total. The lowest BCUT2D eigenvalue weighted by Gasteiger charge is -2.30. The van der Waals surface area contributed by atoms with E-state index < -0.39 is 14.8 Å². The first-order valence-electron chi connectivity index (χ1n) is 6.64. The summed E-state index contributed by atoms with van der Waals surface area (Å²) in [6.07, 6.45) is 1.44. The van der Waals surface area contributed by atoms with Gasteiger partial charge in [-0.25, -0.2) is 8.42 Å². The average molecular weight is 314 g/mol. The Hall–Kier alpha value is -1.67. The number of nitrogens with zero attached hydrogens (tertiary/aromatic N) is 2. The molecule has 0 aliphatic carbocycles. The van der Waals surface area contributed by atoms with Crippen molar-refractivity contribution in [1.29, 1.82) is 0 Å². The molecule has 7 nitrogen and oxygen atoms in total. The van der Waals surface area contributed by atoms with Crippen LogP contribution in [0, 0.1) is 10.1 Å². The lowest BCUT2D eigenvalue weighted by Crippen LogP contribution is -2.36. The molecule has 1 aliphatic heterocycles. The van der Waals surface area contributed by atoms with Crippen LogP contribution in [0.4, 0.5) is 11.4 Å². The van der Waals surface area contributed by atoms with Gasteiger partial charge in [0, 0.05) is 37.2 Å². The van der Waals surface area contributed by atoms with Gasteiger partial charge in [0.25, 0.3) is 5.69 Å². The molecule has 1 aromatic carbocycles. The third-order valence-electron chi connectivity index (χ3n) is 3.37. The third-order valence-corrected chi connectivity index (χ3v) is 4.31. The predicted octanol–water partition coefficient (Wildman–Crippen LogP) is 1.02. The predicted molar refractivity (Wildman–Crippen MR) is 79.5 cm³/mol. The minimum absolute atomic E-state index is 0.0180. The van der Waals surface area contributed by atoms with Crippen LogP contribution in [0.5, 0.6) is 0 Å². The fourth-order valence-electron chi connectivity index (χ4n) is 2.29. The van der Waals surface area contributed by atoms with Crippen molar-refractivity contribution < 1.29 is 18.1 Å². The highest BCUT2D eigenvalue weighted by atomic mass is 32.2. The van der Waals surface area contributed by atoms with E-state index in [0.29, 0.717) is 31.9 Å². The minimum atomic E-state index is -3.12. The Morgan fingerprint density at radius 2 is 2.00 bits per heavy atom. The molecule has 0 unspecified atom stereocenters. The number of nitro groups is 1. The molecule has 1 heterocycles.